The fourth-order valence-electron chi connectivity index (χ4n) is 3.69. The monoisotopic (exact) mass is 643 g/mol. The first-order valence-electron chi connectivity index (χ1n) is 12.1. The molecule has 0 heterocycles. The summed E-state index contributed by atoms with van der Waals surface area (Å²) < 4.78 is 62.3. The predicted octanol–water partition coefficient (Wildman–Crippen LogP) is 5.48. The molecule has 0 saturated carbocycles. The van der Waals surface area contributed by atoms with Crippen molar-refractivity contribution >= 4 is 58.9 Å². The Hall–Kier alpha value is -3.87. The van der Waals surface area contributed by atoms with E-state index in [4.69, 9.17) is 4.74 Å². The Labute approximate surface area is 242 Å². The van der Waals surface area contributed by atoms with E-state index in [2.05, 4.69) is 26.0 Å². The van der Waals surface area contributed by atoms with E-state index in [1.807, 2.05) is 6.92 Å². The van der Waals surface area contributed by atoms with Crippen molar-refractivity contribution in [2.75, 3.05) is 27.5 Å². The molecule has 2 N–H and O–H groups in total. The van der Waals surface area contributed by atoms with Gasteiger partial charge >= 0.3 is 0 Å². The van der Waals surface area contributed by atoms with Gasteiger partial charge in [-0.05, 0) is 91.9 Å². The van der Waals surface area contributed by atoms with Crippen LogP contribution in [0.15, 0.2) is 117 Å². The summed E-state index contributed by atoms with van der Waals surface area (Å²) in [5.74, 6) is -0.0788. The van der Waals surface area contributed by atoms with Crippen LogP contribution in [0, 0.1) is 0 Å². The highest BCUT2D eigenvalue weighted by Crippen LogP contribution is 2.26. The van der Waals surface area contributed by atoms with Crippen LogP contribution in [0.5, 0.6) is 5.75 Å². The number of ether oxygens (including phenoxy) is 1. The topological polar surface area (TPSA) is 122 Å². The van der Waals surface area contributed by atoms with Crippen molar-refractivity contribution < 1.29 is 26.4 Å². The van der Waals surface area contributed by atoms with Crippen LogP contribution in [0.4, 0.5) is 17.1 Å². The molecule has 208 valence electrons. The van der Waals surface area contributed by atoms with Crippen molar-refractivity contribution in [2.45, 2.75) is 16.7 Å². The molecule has 0 radical (unpaired) electrons. The van der Waals surface area contributed by atoms with Crippen LogP contribution in [-0.2, 0) is 24.8 Å². The predicted molar refractivity (Wildman–Crippen MR) is 159 cm³/mol. The van der Waals surface area contributed by atoms with Gasteiger partial charge in [-0.1, -0.05) is 34.1 Å². The number of para-hydroxylation sites is 1. The smallest absolute Gasteiger partial charge is 0.264 e. The minimum absolute atomic E-state index is 0.000407. The van der Waals surface area contributed by atoms with Gasteiger partial charge in [-0.3, -0.25) is 13.8 Å². The molecule has 4 aromatic carbocycles. The average Bonchev–Trinajstić information content (AvgIpc) is 2.94. The molecule has 0 saturated heterocycles. The maximum Gasteiger partial charge on any atom is 0.264 e. The summed E-state index contributed by atoms with van der Waals surface area (Å²) in [6, 6.07) is 26.5. The van der Waals surface area contributed by atoms with Gasteiger partial charge in [0.15, 0.2) is 0 Å². The SMILES string of the molecule is CCOc1ccc(S(=O)(=O)N(CC(=O)Nc2ccc(S(=O)(=O)Nc3ccc(Br)cc3)cc2)c2ccccc2)cc1. The fourth-order valence-corrected chi connectivity index (χ4v) is 6.44. The highest BCUT2D eigenvalue weighted by atomic mass is 79.9. The van der Waals surface area contributed by atoms with Gasteiger partial charge in [-0.25, -0.2) is 16.8 Å². The summed E-state index contributed by atoms with van der Waals surface area (Å²) >= 11 is 3.30. The van der Waals surface area contributed by atoms with Gasteiger partial charge in [-0.15, -0.1) is 0 Å². The second-order valence-electron chi connectivity index (χ2n) is 8.44. The number of anilines is 3. The molecular formula is C28H26BrN3O6S2. The van der Waals surface area contributed by atoms with Crippen molar-refractivity contribution in [1.29, 1.82) is 0 Å². The lowest BCUT2D eigenvalue weighted by atomic mass is 10.3. The Morgan fingerprint density at radius 2 is 1.35 bits per heavy atom. The van der Waals surface area contributed by atoms with E-state index in [1.54, 1.807) is 66.7 Å². The van der Waals surface area contributed by atoms with E-state index in [0.29, 0.717) is 29.4 Å². The van der Waals surface area contributed by atoms with Gasteiger partial charge in [-0.2, -0.15) is 0 Å². The third-order valence-electron chi connectivity index (χ3n) is 5.60. The number of benzene rings is 4. The summed E-state index contributed by atoms with van der Waals surface area (Å²) in [4.78, 5) is 13.0. The molecule has 0 bridgehead atoms. The zero-order valence-corrected chi connectivity index (χ0v) is 24.5. The van der Waals surface area contributed by atoms with Gasteiger partial charge in [0, 0.05) is 15.8 Å². The van der Waals surface area contributed by atoms with Crippen molar-refractivity contribution in [2.24, 2.45) is 0 Å². The van der Waals surface area contributed by atoms with E-state index in [9.17, 15) is 21.6 Å². The summed E-state index contributed by atoms with van der Waals surface area (Å²) in [6.07, 6.45) is 0. The number of nitrogens with zero attached hydrogens (tertiary/aromatic N) is 1. The van der Waals surface area contributed by atoms with Crippen LogP contribution >= 0.6 is 15.9 Å². The van der Waals surface area contributed by atoms with E-state index in [1.165, 1.54) is 36.4 Å². The highest BCUT2D eigenvalue weighted by Gasteiger charge is 2.27. The van der Waals surface area contributed by atoms with E-state index < -0.39 is 32.5 Å². The van der Waals surface area contributed by atoms with Crippen LogP contribution in [0.3, 0.4) is 0 Å². The van der Waals surface area contributed by atoms with Gasteiger partial charge in [0.25, 0.3) is 20.0 Å². The molecule has 0 aromatic heterocycles. The molecule has 0 fully saturated rings. The first-order valence-corrected chi connectivity index (χ1v) is 15.8. The van der Waals surface area contributed by atoms with E-state index in [-0.39, 0.29) is 9.79 Å². The third kappa shape index (κ3) is 7.20. The summed E-state index contributed by atoms with van der Waals surface area (Å²) in [6.45, 7) is 1.76. The molecule has 0 aliphatic rings. The van der Waals surface area contributed by atoms with Gasteiger partial charge < -0.3 is 10.1 Å². The van der Waals surface area contributed by atoms with Gasteiger partial charge in [0.1, 0.15) is 12.3 Å². The molecule has 40 heavy (non-hydrogen) atoms. The highest BCUT2D eigenvalue weighted by molar-refractivity contribution is 9.10. The number of rotatable bonds is 11. The summed E-state index contributed by atoms with van der Waals surface area (Å²) in [7, 11) is -7.96. The quantitative estimate of drug-likeness (QED) is 0.223. The minimum atomic E-state index is -4.11. The second-order valence-corrected chi connectivity index (χ2v) is 12.9. The normalized spacial score (nSPS) is 11.4. The molecule has 0 spiro atoms. The maximum absolute atomic E-state index is 13.5. The lowest BCUT2D eigenvalue weighted by Crippen LogP contribution is -2.38. The zero-order chi connectivity index (χ0) is 28.8. The lowest BCUT2D eigenvalue weighted by Gasteiger charge is -2.24. The number of amides is 1. The Kier molecular flexibility index (Phi) is 9.13. The number of nitrogens with one attached hydrogen (secondary N) is 2. The second kappa shape index (κ2) is 12.5. The summed E-state index contributed by atoms with van der Waals surface area (Å²) in [5, 5.41) is 2.64. The van der Waals surface area contributed by atoms with Gasteiger partial charge in [0.05, 0.1) is 22.1 Å². The van der Waals surface area contributed by atoms with E-state index in [0.717, 1.165) is 8.78 Å². The first kappa shape index (κ1) is 29.1. The van der Waals surface area contributed by atoms with Crippen molar-refractivity contribution in [3.63, 3.8) is 0 Å². The minimum Gasteiger partial charge on any atom is -0.494 e. The van der Waals surface area contributed by atoms with Crippen LogP contribution in [0.1, 0.15) is 6.92 Å². The number of halogens is 1. The van der Waals surface area contributed by atoms with E-state index >= 15 is 0 Å². The molecule has 0 unspecified atom stereocenters. The Bertz CT molecular complexity index is 1660. The van der Waals surface area contributed by atoms with Crippen LogP contribution in [0.2, 0.25) is 0 Å². The van der Waals surface area contributed by atoms with Crippen LogP contribution in [0.25, 0.3) is 0 Å². The molecular weight excluding hydrogens is 618 g/mol. The number of hydrogen-bond donors (Lipinski definition) is 2. The number of carbonyl (C=O) groups is 1. The van der Waals surface area contributed by atoms with Crippen molar-refractivity contribution in [1.82, 2.24) is 0 Å². The number of hydrogen-bond acceptors (Lipinski definition) is 6. The Morgan fingerprint density at radius 3 is 1.95 bits per heavy atom. The largest absolute Gasteiger partial charge is 0.494 e. The molecule has 4 rings (SSSR count). The third-order valence-corrected chi connectivity index (χ3v) is 9.31. The molecule has 12 heteroatoms. The van der Waals surface area contributed by atoms with Crippen LogP contribution < -0.4 is 19.1 Å². The zero-order valence-electron chi connectivity index (χ0n) is 21.3. The molecule has 0 aliphatic carbocycles. The Balaban J connectivity index is 1.50. The van der Waals surface area contributed by atoms with Crippen LogP contribution in [-0.4, -0.2) is 35.9 Å². The number of carbonyl (C=O) groups excluding carboxylic acids is 1. The molecule has 0 aliphatic heterocycles. The first-order chi connectivity index (χ1) is 19.1. The van der Waals surface area contributed by atoms with Gasteiger partial charge in [0.2, 0.25) is 5.91 Å². The standard InChI is InChI=1S/C28H26BrN3O6S2/c1-2-38-25-14-18-27(19-15-25)40(36,37)32(24-6-4-3-5-7-24)20-28(33)30-22-12-16-26(17-13-22)39(34,35)31-23-10-8-21(29)9-11-23/h3-19,31H,2,20H2,1H3,(H,30,33). The molecule has 9 nitrogen and oxygen atoms in total. The molecule has 1 amide bonds. The average molecular weight is 645 g/mol. The summed E-state index contributed by atoms with van der Waals surface area (Å²) in [5.41, 5.74) is 1.02. The Morgan fingerprint density at radius 1 is 0.775 bits per heavy atom. The lowest BCUT2D eigenvalue weighted by molar-refractivity contribution is -0.114. The maximum atomic E-state index is 13.5. The fraction of sp³-hybridized carbons (Fsp3) is 0.107. The van der Waals surface area contributed by atoms with Crippen molar-refractivity contribution in [3.8, 4) is 5.75 Å². The number of sulfonamides is 2. The van der Waals surface area contributed by atoms with Crippen molar-refractivity contribution in [3.05, 3.63) is 108 Å². The molecule has 0 atom stereocenters. The molecule has 4 aromatic rings.